The fourth-order valence-electron chi connectivity index (χ4n) is 1.72. The van der Waals surface area contributed by atoms with Crippen molar-refractivity contribution in [1.82, 2.24) is 0 Å². The van der Waals surface area contributed by atoms with Crippen LogP contribution in [0, 0.1) is 5.82 Å². The number of carbonyl (C=O) groups excluding carboxylic acids is 2. The second kappa shape index (κ2) is 6.47. The fourth-order valence-corrected chi connectivity index (χ4v) is 1.72. The highest BCUT2D eigenvalue weighted by Crippen LogP contribution is 2.22. The minimum Gasteiger partial charge on any atom is -0.326 e. The van der Waals surface area contributed by atoms with E-state index in [1.54, 1.807) is 13.8 Å². The fraction of sp³-hybridized carbons (Fsp3) is 0.429. The summed E-state index contributed by atoms with van der Waals surface area (Å²) < 4.78 is 13.7. The minimum absolute atomic E-state index is 0.00187. The zero-order chi connectivity index (χ0) is 15.3. The first kappa shape index (κ1) is 16.1. The van der Waals surface area contributed by atoms with E-state index in [1.165, 1.54) is 25.1 Å². The lowest BCUT2D eigenvalue weighted by Gasteiger charge is -2.25. The predicted octanol–water partition coefficient (Wildman–Crippen LogP) is 2.24. The molecule has 2 amide bonds. The standard InChI is InChI=1S/C14H20FN3O2/c1-4-14(16,5-2)13(20)18-12-8-10(17-9(3)19)6-7-11(12)15/h6-8H,4-5,16H2,1-3H3,(H,17,19)(H,18,20). The van der Waals surface area contributed by atoms with Crippen molar-refractivity contribution in [2.45, 2.75) is 39.2 Å². The van der Waals surface area contributed by atoms with Crippen LogP contribution in [0.4, 0.5) is 15.8 Å². The second-order valence-electron chi connectivity index (χ2n) is 4.69. The molecule has 0 aliphatic carbocycles. The average molecular weight is 281 g/mol. The van der Waals surface area contributed by atoms with E-state index >= 15 is 0 Å². The van der Waals surface area contributed by atoms with Gasteiger partial charge in [0.05, 0.1) is 11.2 Å². The third kappa shape index (κ3) is 3.77. The van der Waals surface area contributed by atoms with Gasteiger partial charge in [-0.25, -0.2) is 4.39 Å². The highest BCUT2D eigenvalue weighted by molar-refractivity contribution is 5.98. The van der Waals surface area contributed by atoms with Crippen molar-refractivity contribution in [2.75, 3.05) is 10.6 Å². The molecule has 0 saturated carbocycles. The number of benzene rings is 1. The lowest BCUT2D eigenvalue weighted by atomic mass is 9.93. The molecule has 1 aromatic carbocycles. The van der Waals surface area contributed by atoms with Gasteiger partial charge >= 0.3 is 0 Å². The number of anilines is 2. The van der Waals surface area contributed by atoms with Crippen LogP contribution >= 0.6 is 0 Å². The number of hydrogen-bond donors (Lipinski definition) is 3. The predicted molar refractivity (Wildman–Crippen MR) is 76.8 cm³/mol. The molecule has 0 fully saturated rings. The number of amides is 2. The van der Waals surface area contributed by atoms with Gasteiger partial charge in [0.1, 0.15) is 5.82 Å². The first-order valence-electron chi connectivity index (χ1n) is 6.50. The summed E-state index contributed by atoms with van der Waals surface area (Å²) in [4.78, 5) is 23.1. The maximum absolute atomic E-state index is 13.7. The lowest BCUT2D eigenvalue weighted by molar-refractivity contribution is -0.121. The Morgan fingerprint density at radius 2 is 1.85 bits per heavy atom. The highest BCUT2D eigenvalue weighted by atomic mass is 19.1. The third-order valence-corrected chi connectivity index (χ3v) is 3.25. The van der Waals surface area contributed by atoms with Gasteiger partial charge in [-0.2, -0.15) is 0 Å². The molecule has 0 unspecified atom stereocenters. The molecule has 1 rings (SSSR count). The summed E-state index contributed by atoms with van der Waals surface area (Å²) in [7, 11) is 0. The van der Waals surface area contributed by atoms with Crippen molar-refractivity contribution < 1.29 is 14.0 Å². The van der Waals surface area contributed by atoms with Gasteiger partial charge < -0.3 is 16.4 Å². The maximum Gasteiger partial charge on any atom is 0.244 e. The van der Waals surface area contributed by atoms with E-state index in [2.05, 4.69) is 10.6 Å². The summed E-state index contributed by atoms with van der Waals surface area (Å²) in [5, 5.41) is 5.00. The van der Waals surface area contributed by atoms with E-state index in [0.29, 0.717) is 18.5 Å². The van der Waals surface area contributed by atoms with Crippen molar-refractivity contribution in [3.8, 4) is 0 Å². The molecule has 0 bridgehead atoms. The number of rotatable bonds is 5. The quantitative estimate of drug-likeness (QED) is 0.774. The maximum atomic E-state index is 13.7. The Balaban J connectivity index is 2.96. The zero-order valence-electron chi connectivity index (χ0n) is 11.9. The van der Waals surface area contributed by atoms with E-state index < -0.39 is 17.3 Å². The van der Waals surface area contributed by atoms with E-state index in [-0.39, 0.29) is 11.6 Å². The van der Waals surface area contributed by atoms with E-state index in [4.69, 9.17) is 5.73 Å². The van der Waals surface area contributed by atoms with Crippen LogP contribution < -0.4 is 16.4 Å². The molecule has 0 heterocycles. The molecule has 20 heavy (non-hydrogen) atoms. The Kier molecular flexibility index (Phi) is 5.21. The number of nitrogens with two attached hydrogens (primary N) is 1. The molecule has 6 heteroatoms. The van der Waals surface area contributed by atoms with Crippen molar-refractivity contribution >= 4 is 23.2 Å². The van der Waals surface area contributed by atoms with Gasteiger partial charge in [-0.3, -0.25) is 9.59 Å². The number of nitrogens with one attached hydrogen (secondary N) is 2. The van der Waals surface area contributed by atoms with Gasteiger partial charge in [0, 0.05) is 12.6 Å². The smallest absolute Gasteiger partial charge is 0.244 e. The van der Waals surface area contributed by atoms with Crippen molar-refractivity contribution in [1.29, 1.82) is 0 Å². The molecule has 0 saturated heterocycles. The molecule has 0 aliphatic rings. The van der Waals surface area contributed by atoms with Gasteiger partial charge in [0.2, 0.25) is 11.8 Å². The third-order valence-electron chi connectivity index (χ3n) is 3.25. The van der Waals surface area contributed by atoms with Gasteiger partial charge in [-0.15, -0.1) is 0 Å². The summed E-state index contributed by atoms with van der Waals surface area (Å²) in [5.41, 5.74) is 5.33. The normalized spacial score (nSPS) is 11.1. The Hall–Kier alpha value is -1.95. The summed E-state index contributed by atoms with van der Waals surface area (Å²) in [6.45, 7) is 4.95. The molecule has 0 aromatic heterocycles. The monoisotopic (exact) mass is 281 g/mol. The number of carbonyl (C=O) groups is 2. The molecule has 0 aliphatic heterocycles. The summed E-state index contributed by atoms with van der Waals surface area (Å²) in [6, 6.07) is 3.96. The second-order valence-corrected chi connectivity index (χ2v) is 4.69. The van der Waals surface area contributed by atoms with Crippen LogP contribution in [0.2, 0.25) is 0 Å². The van der Waals surface area contributed by atoms with E-state index in [9.17, 15) is 14.0 Å². The molecule has 5 nitrogen and oxygen atoms in total. The van der Waals surface area contributed by atoms with Crippen LogP contribution in [0.3, 0.4) is 0 Å². The van der Waals surface area contributed by atoms with Gasteiger partial charge in [-0.05, 0) is 31.0 Å². The number of hydrogen-bond acceptors (Lipinski definition) is 3. The van der Waals surface area contributed by atoms with Crippen LogP contribution in [0.25, 0.3) is 0 Å². The summed E-state index contributed by atoms with van der Waals surface area (Å²) >= 11 is 0. The number of halogens is 1. The van der Waals surface area contributed by atoms with E-state index in [0.717, 1.165) is 0 Å². The van der Waals surface area contributed by atoms with Gasteiger partial charge in [0.25, 0.3) is 0 Å². The summed E-state index contributed by atoms with van der Waals surface area (Å²) in [6.07, 6.45) is 0.894. The van der Waals surface area contributed by atoms with Crippen molar-refractivity contribution in [3.63, 3.8) is 0 Å². The Morgan fingerprint density at radius 1 is 1.25 bits per heavy atom. The first-order chi connectivity index (χ1) is 9.32. The molecule has 0 atom stereocenters. The molecular weight excluding hydrogens is 261 g/mol. The van der Waals surface area contributed by atoms with Crippen molar-refractivity contribution in [3.05, 3.63) is 24.0 Å². The Labute approximate surface area is 117 Å². The molecular formula is C14H20FN3O2. The van der Waals surface area contributed by atoms with Gasteiger partial charge in [-0.1, -0.05) is 13.8 Å². The largest absolute Gasteiger partial charge is 0.326 e. The van der Waals surface area contributed by atoms with Crippen LogP contribution in [0.5, 0.6) is 0 Å². The van der Waals surface area contributed by atoms with Crippen LogP contribution in [0.15, 0.2) is 18.2 Å². The zero-order valence-corrected chi connectivity index (χ0v) is 11.9. The summed E-state index contributed by atoms with van der Waals surface area (Å²) in [5.74, 6) is -1.30. The molecule has 110 valence electrons. The van der Waals surface area contributed by atoms with E-state index in [1.807, 2.05) is 0 Å². The average Bonchev–Trinajstić information content (AvgIpc) is 2.40. The molecule has 1 aromatic rings. The first-order valence-corrected chi connectivity index (χ1v) is 6.50. The lowest BCUT2D eigenvalue weighted by Crippen LogP contribution is -2.50. The molecule has 0 spiro atoms. The van der Waals surface area contributed by atoms with Crippen LogP contribution in [0.1, 0.15) is 33.6 Å². The molecule has 4 N–H and O–H groups in total. The van der Waals surface area contributed by atoms with Crippen LogP contribution in [-0.2, 0) is 9.59 Å². The topological polar surface area (TPSA) is 84.2 Å². The molecule has 0 radical (unpaired) electrons. The SMILES string of the molecule is CCC(N)(CC)C(=O)Nc1cc(NC(C)=O)ccc1F. The van der Waals surface area contributed by atoms with Crippen LogP contribution in [-0.4, -0.2) is 17.4 Å². The highest BCUT2D eigenvalue weighted by Gasteiger charge is 2.30. The minimum atomic E-state index is -1.03. The Morgan fingerprint density at radius 3 is 2.35 bits per heavy atom. The van der Waals surface area contributed by atoms with Crippen molar-refractivity contribution in [2.24, 2.45) is 5.73 Å². The Bertz CT molecular complexity index is 513. The van der Waals surface area contributed by atoms with Gasteiger partial charge in [0.15, 0.2) is 0 Å².